The number of carbonyl (C=O) groups is 1. The van der Waals surface area contributed by atoms with Crippen LogP contribution in [0.5, 0.6) is 5.75 Å². The van der Waals surface area contributed by atoms with Gasteiger partial charge in [-0.15, -0.1) is 0 Å². The zero-order valence-electron chi connectivity index (χ0n) is 15.1. The van der Waals surface area contributed by atoms with Gasteiger partial charge in [0.2, 0.25) is 0 Å². The lowest BCUT2D eigenvalue weighted by atomic mass is 9.98. The summed E-state index contributed by atoms with van der Waals surface area (Å²) in [6.45, 7) is 5.30. The van der Waals surface area contributed by atoms with Gasteiger partial charge >= 0.3 is 5.97 Å². The standard InChI is InChI=1S/C20H19N3O3/c1-20(2,3)26-19(25)14-6-5-13(9-18(14)24)15-7-12(10-21)8-17-16(15)11-22-23(17)4/h5-9,11,24H,1-4H3. The molecule has 3 aromatic rings. The maximum Gasteiger partial charge on any atom is 0.342 e. The van der Waals surface area contributed by atoms with E-state index >= 15 is 0 Å². The van der Waals surface area contributed by atoms with Crippen LogP contribution in [0.2, 0.25) is 0 Å². The Morgan fingerprint density at radius 1 is 1.27 bits per heavy atom. The van der Waals surface area contributed by atoms with Crippen LogP contribution in [0.1, 0.15) is 36.7 Å². The Hall–Kier alpha value is -3.33. The Labute approximate surface area is 151 Å². The van der Waals surface area contributed by atoms with Crippen LogP contribution in [-0.4, -0.2) is 26.5 Å². The van der Waals surface area contributed by atoms with Crippen molar-refractivity contribution in [1.82, 2.24) is 9.78 Å². The third-order valence-electron chi connectivity index (χ3n) is 3.92. The molecule has 0 aliphatic carbocycles. The first kappa shape index (κ1) is 17.5. The van der Waals surface area contributed by atoms with Crippen LogP contribution < -0.4 is 0 Å². The Bertz CT molecular complexity index is 1050. The van der Waals surface area contributed by atoms with Crippen molar-refractivity contribution in [2.24, 2.45) is 7.05 Å². The highest BCUT2D eigenvalue weighted by molar-refractivity contribution is 5.98. The maximum absolute atomic E-state index is 12.2. The number of rotatable bonds is 2. The Kier molecular flexibility index (Phi) is 4.17. The van der Waals surface area contributed by atoms with Gasteiger partial charge in [0.25, 0.3) is 0 Å². The first-order chi connectivity index (χ1) is 12.2. The van der Waals surface area contributed by atoms with E-state index in [4.69, 9.17) is 4.74 Å². The van der Waals surface area contributed by atoms with Crippen LogP contribution in [0.25, 0.3) is 22.0 Å². The smallest absolute Gasteiger partial charge is 0.342 e. The summed E-state index contributed by atoms with van der Waals surface area (Å²) in [5.41, 5.74) is 2.21. The average Bonchev–Trinajstić information content (AvgIpc) is 2.93. The maximum atomic E-state index is 12.2. The van der Waals surface area contributed by atoms with Gasteiger partial charge in [-0.3, -0.25) is 4.68 Å². The molecule has 1 aromatic heterocycles. The molecule has 0 saturated carbocycles. The Balaban J connectivity index is 2.09. The fourth-order valence-electron chi connectivity index (χ4n) is 2.76. The van der Waals surface area contributed by atoms with Crippen LogP contribution in [0.15, 0.2) is 36.5 Å². The molecule has 1 heterocycles. The molecule has 0 fully saturated rings. The van der Waals surface area contributed by atoms with E-state index < -0.39 is 11.6 Å². The van der Waals surface area contributed by atoms with Gasteiger partial charge in [-0.05, 0) is 56.2 Å². The van der Waals surface area contributed by atoms with Crippen molar-refractivity contribution in [3.8, 4) is 22.9 Å². The van der Waals surface area contributed by atoms with E-state index in [1.807, 2.05) is 0 Å². The number of aromatic nitrogens is 2. The Morgan fingerprint density at radius 2 is 2.00 bits per heavy atom. The number of fused-ring (bicyclic) bond motifs is 1. The van der Waals surface area contributed by atoms with Gasteiger partial charge in [0, 0.05) is 12.4 Å². The van der Waals surface area contributed by atoms with Gasteiger partial charge in [-0.25, -0.2) is 4.79 Å². The summed E-state index contributed by atoms with van der Waals surface area (Å²) >= 11 is 0. The third-order valence-corrected chi connectivity index (χ3v) is 3.92. The normalized spacial score (nSPS) is 11.3. The zero-order chi connectivity index (χ0) is 19.1. The van der Waals surface area contributed by atoms with Gasteiger partial charge < -0.3 is 9.84 Å². The summed E-state index contributed by atoms with van der Waals surface area (Å²) in [6.07, 6.45) is 1.71. The SMILES string of the molecule is Cn1ncc2c(-c3ccc(C(=O)OC(C)(C)C)c(O)c3)cc(C#N)cc21. The number of aromatic hydroxyl groups is 1. The highest BCUT2D eigenvalue weighted by atomic mass is 16.6. The molecule has 0 radical (unpaired) electrons. The summed E-state index contributed by atoms with van der Waals surface area (Å²) in [7, 11) is 1.80. The van der Waals surface area contributed by atoms with Crippen LogP contribution in [0, 0.1) is 11.3 Å². The Morgan fingerprint density at radius 3 is 2.62 bits per heavy atom. The van der Waals surface area contributed by atoms with Crippen molar-refractivity contribution in [1.29, 1.82) is 5.26 Å². The third kappa shape index (κ3) is 3.24. The molecule has 6 nitrogen and oxygen atoms in total. The molecule has 1 N–H and O–H groups in total. The minimum absolute atomic E-state index is 0.0996. The molecule has 0 aliphatic rings. The second-order valence-corrected chi connectivity index (χ2v) is 7.07. The highest BCUT2D eigenvalue weighted by Gasteiger charge is 2.21. The number of aryl methyl sites for hydroxylation is 1. The number of nitriles is 1. The van der Waals surface area contributed by atoms with Gasteiger partial charge in [-0.2, -0.15) is 10.4 Å². The number of benzene rings is 2. The largest absolute Gasteiger partial charge is 0.507 e. The number of hydrogen-bond acceptors (Lipinski definition) is 5. The molecule has 6 heteroatoms. The number of carbonyl (C=O) groups excluding carboxylic acids is 1. The van der Waals surface area contributed by atoms with Crippen molar-refractivity contribution in [3.63, 3.8) is 0 Å². The lowest BCUT2D eigenvalue weighted by Gasteiger charge is -2.20. The molecule has 0 aliphatic heterocycles. The molecular weight excluding hydrogens is 330 g/mol. The van der Waals surface area contributed by atoms with Crippen LogP contribution in [0.3, 0.4) is 0 Å². The molecule has 0 atom stereocenters. The fourth-order valence-corrected chi connectivity index (χ4v) is 2.76. The summed E-state index contributed by atoms with van der Waals surface area (Å²) in [4.78, 5) is 12.2. The van der Waals surface area contributed by atoms with Gasteiger partial charge in [-0.1, -0.05) is 6.07 Å². The van der Waals surface area contributed by atoms with E-state index in [0.717, 1.165) is 16.5 Å². The summed E-state index contributed by atoms with van der Waals surface area (Å²) in [5.74, 6) is -0.755. The predicted octanol–water partition coefficient (Wildman–Crippen LogP) is 3.77. The first-order valence-corrected chi connectivity index (χ1v) is 8.12. The molecular formula is C20H19N3O3. The summed E-state index contributed by atoms with van der Waals surface area (Å²) < 4.78 is 6.99. The lowest BCUT2D eigenvalue weighted by Crippen LogP contribution is -2.23. The van der Waals surface area contributed by atoms with Crippen molar-refractivity contribution < 1.29 is 14.6 Å². The van der Waals surface area contributed by atoms with Gasteiger partial charge in [0.1, 0.15) is 16.9 Å². The number of ether oxygens (including phenoxy) is 1. The molecule has 132 valence electrons. The summed E-state index contributed by atoms with van der Waals surface area (Å²) in [5, 5.41) is 24.7. The molecule has 0 unspecified atom stereocenters. The molecule has 26 heavy (non-hydrogen) atoms. The first-order valence-electron chi connectivity index (χ1n) is 8.12. The number of phenols is 1. The van der Waals surface area contributed by atoms with Gasteiger partial charge in [0.15, 0.2) is 0 Å². The number of nitrogens with zero attached hydrogens (tertiary/aromatic N) is 3. The molecule has 2 aromatic carbocycles. The monoisotopic (exact) mass is 349 g/mol. The van der Waals surface area contributed by atoms with Gasteiger partial charge in [0.05, 0.1) is 23.3 Å². The molecule has 0 saturated heterocycles. The predicted molar refractivity (Wildman–Crippen MR) is 97.7 cm³/mol. The van der Waals surface area contributed by atoms with Crippen LogP contribution in [-0.2, 0) is 11.8 Å². The fraction of sp³-hybridized carbons (Fsp3) is 0.250. The number of hydrogen-bond donors (Lipinski definition) is 1. The highest BCUT2D eigenvalue weighted by Crippen LogP contribution is 2.33. The van der Waals surface area contributed by atoms with E-state index in [9.17, 15) is 15.2 Å². The second-order valence-electron chi connectivity index (χ2n) is 7.07. The summed E-state index contributed by atoms with van der Waals surface area (Å²) in [6, 6.07) is 10.4. The van der Waals surface area contributed by atoms with E-state index in [1.165, 1.54) is 12.1 Å². The zero-order valence-corrected chi connectivity index (χ0v) is 15.1. The number of esters is 1. The van der Waals surface area contributed by atoms with Crippen LogP contribution >= 0.6 is 0 Å². The van der Waals surface area contributed by atoms with Crippen molar-refractivity contribution in [3.05, 3.63) is 47.7 Å². The molecule has 0 amide bonds. The van der Waals surface area contributed by atoms with Crippen molar-refractivity contribution in [2.75, 3.05) is 0 Å². The van der Waals surface area contributed by atoms with Crippen molar-refractivity contribution >= 4 is 16.9 Å². The second kappa shape index (κ2) is 6.19. The lowest BCUT2D eigenvalue weighted by molar-refractivity contribution is 0.00668. The minimum Gasteiger partial charge on any atom is -0.507 e. The van der Waals surface area contributed by atoms with E-state index in [0.29, 0.717) is 11.1 Å². The van der Waals surface area contributed by atoms with E-state index in [-0.39, 0.29) is 11.3 Å². The quantitative estimate of drug-likeness (QED) is 0.712. The molecule has 0 bridgehead atoms. The molecule has 3 rings (SSSR count). The number of phenolic OH excluding ortho intramolecular Hbond substituents is 1. The van der Waals surface area contributed by atoms with E-state index in [2.05, 4.69) is 11.2 Å². The molecule has 0 spiro atoms. The van der Waals surface area contributed by atoms with Crippen LogP contribution in [0.4, 0.5) is 0 Å². The van der Waals surface area contributed by atoms with E-state index in [1.54, 1.807) is 56.9 Å². The minimum atomic E-state index is -0.648. The average molecular weight is 349 g/mol. The topological polar surface area (TPSA) is 88.1 Å². The van der Waals surface area contributed by atoms with Crippen molar-refractivity contribution in [2.45, 2.75) is 26.4 Å².